The molecule has 0 aliphatic carbocycles. The van der Waals surface area contributed by atoms with E-state index in [2.05, 4.69) is 16.0 Å². The predicted molar refractivity (Wildman–Crippen MR) is 149 cm³/mol. The highest BCUT2D eigenvalue weighted by Gasteiger charge is 2.62. The molecule has 6 nitrogen and oxygen atoms in total. The Morgan fingerprint density at radius 1 is 0.949 bits per heavy atom. The van der Waals surface area contributed by atoms with E-state index in [1.807, 2.05) is 19.1 Å². The molecule has 1 spiro atoms. The normalized spacial score (nSPS) is 24.8. The minimum absolute atomic E-state index is 0.00991. The van der Waals surface area contributed by atoms with Gasteiger partial charge in [0.2, 0.25) is 11.8 Å². The Labute approximate surface area is 236 Å². The van der Waals surface area contributed by atoms with Crippen molar-refractivity contribution in [2.45, 2.75) is 49.7 Å². The van der Waals surface area contributed by atoms with Gasteiger partial charge in [0.15, 0.2) is 0 Å². The first kappa shape index (κ1) is 26.1. The van der Waals surface area contributed by atoms with Crippen LogP contribution in [0.5, 0.6) is 5.75 Å². The van der Waals surface area contributed by atoms with Gasteiger partial charge in [-0.1, -0.05) is 35.3 Å². The van der Waals surface area contributed by atoms with Gasteiger partial charge in [-0.2, -0.15) is 0 Å². The molecule has 3 aromatic carbocycles. The van der Waals surface area contributed by atoms with Gasteiger partial charge in [-0.25, -0.2) is 4.39 Å². The first-order chi connectivity index (χ1) is 18.8. The van der Waals surface area contributed by atoms with Crippen LogP contribution in [0.15, 0.2) is 54.6 Å². The van der Waals surface area contributed by atoms with E-state index in [4.69, 9.17) is 27.9 Å². The van der Waals surface area contributed by atoms with E-state index in [9.17, 15) is 14.0 Å². The lowest BCUT2D eigenvalue weighted by Gasteiger charge is -2.47. The summed E-state index contributed by atoms with van der Waals surface area (Å²) in [6.45, 7) is 3.54. The number of piperidine rings is 2. The molecule has 3 aromatic rings. The van der Waals surface area contributed by atoms with Gasteiger partial charge in [0.05, 0.1) is 6.04 Å². The Kier molecular flexibility index (Phi) is 6.78. The van der Waals surface area contributed by atoms with Crippen LogP contribution in [0.4, 0.5) is 10.1 Å². The Bertz CT molecular complexity index is 1480. The van der Waals surface area contributed by atoms with E-state index in [1.54, 1.807) is 30.3 Å². The number of fused-ring (bicyclic) bond motifs is 2. The molecule has 3 aliphatic rings. The number of carbonyl (C=O) groups is 2. The molecular formula is C30H28Cl2FN3O3. The Balaban J connectivity index is 1.59. The molecule has 3 N–H and O–H groups in total. The van der Waals surface area contributed by atoms with Gasteiger partial charge in [-0.05, 0) is 92.0 Å². The van der Waals surface area contributed by atoms with E-state index >= 15 is 0 Å². The second-order valence-corrected chi connectivity index (χ2v) is 11.4. The number of ether oxygens (including phenoxy) is 1. The summed E-state index contributed by atoms with van der Waals surface area (Å²) in [5.74, 6) is -1.06. The molecule has 3 aliphatic heterocycles. The average Bonchev–Trinajstić information content (AvgIpc) is 3.19. The fraction of sp³-hybridized carbons (Fsp3) is 0.333. The van der Waals surface area contributed by atoms with E-state index in [-0.39, 0.29) is 24.3 Å². The highest BCUT2D eigenvalue weighted by Crippen LogP contribution is 2.59. The van der Waals surface area contributed by atoms with Crippen LogP contribution in [0.3, 0.4) is 0 Å². The molecule has 9 heteroatoms. The third-order valence-corrected chi connectivity index (χ3v) is 8.70. The predicted octanol–water partition coefficient (Wildman–Crippen LogP) is 5.81. The zero-order valence-corrected chi connectivity index (χ0v) is 22.8. The molecule has 6 rings (SSSR count). The van der Waals surface area contributed by atoms with Crippen LogP contribution in [-0.4, -0.2) is 31.0 Å². The summed E-state index contributed by atoms with van der Waals surface area (Å²) in [4.78, 5) is 27.7. The summed E-state index contributed by atoms with van der Waals surface area (Å²) in [5, 5.41) is 10.3. The Hall–Kier alpha value is -3.13. The number of anilines is 1. The van der Waals surface area contributed by atoms with Crippen molar-refractivity contribution in [2.75, 3.05) is 18.4 Å². The van der Waals surface area contributed by atoms with Gasteiger partial charge in [-0.15, -0.1) is 0 Å². The lowest BCUT2D eigenvalue weighted by atomic mass is 9.59. The topological polar surface area (TPSA) is 79.5 Å². The lowest BCUT2D eigenvalue weighted by molar-refractivity contribution is -0.131. The molecule has 1 unspecified atom stereocenters. The number of aryl methyl sites for hydroxylation is 1. The molecule has 39 heavy (non-hydrogen) atoms. The second-order valence-electron chi connectivity index (χ2n) is 10.5. The van der Waals surface area contributed by atoms with Crippen LogP contribution < -0.4 is 20.7 Å². The summed E-state index contributed by atoms with van der Waals surface area (Å²) in [6.07, 6.45) is 1.68. The van der Waals surface area contributed by atoms with Crippen molar-refractivity contribution in [1.82, 2.24) is 10.6 Å². The summed E-state index contributed by atoms with van der Waals surface area (Å²) in [7, 11) is 0. The van der Waals surface area contributed by atoms with Gasteiger partial charge in [0, 0.05) is 33.6 Å². The monoisotopic (exact) mass is 567 g/mol. The van der Waals surface area contributed by atoms with E-state index in [1.165, 1.54) is 12.1 Å². The molecule has 3 heterocycles. The third kappa shape index (κ3) is 4.46. The van der Waals surface area contributed by atoms with Crippen molar-refractivity contribution in [3.05, 3.63) is 92.7 Å². The van der Waals surface area contributed by atoms with Crippen LogP contribution in [0.25, 0.3) is 0 Å². The van der Waals surface area contributed by atoms with Crippen molar-refractivity contribution < 1.29 is 18.7 Å². The molecular weight excluding hydrogens is 540 g/mol. The van der Waals surface area contributed by atoms with E-state index in [0.29, 0.717) is 38.2 Å². The van der Waals surface area contributed by atoms with Gasteiger partial charge in [0.25, 0.3) is 0 Å². The number of rotatable bonds is 4. The highest BCUT2D eigenvalue weighted by molar-refractivity contribution is 6.31. The van der Waals surface area contributed by atoms with E-state index < -0.39 is 23.2 Å². The maximum Gasteiger partial charge on any atom is 0.238 e. The lowest BCUT2D eigenvalue weighted by Crippen LogP contribution is -2.57. The molecule has 3 atom stereocenters. The highest BCUT2D eigenvalue weighted by atomic mass is 35.5. The molecule has 2 fully saturated rings. The zero-order valence-electron chi connectivity index (χ0n) is 21.3. The number of hydrogen-bond donors (Lipinski definition) is 3. The number of hydrogen-bond acceptors (Lipinski definition) is 4. The van der Waals surface area contributed by atoms with Crippen molar-refractivity contribution in [3.63, 3.8) is 0 Å². The quantitative estimate of drug-likeness (QED) is 0.372. The van der Waals surface area contributed by atoms with Gasteiger partial charge >= 0.3 is 0 Å². The Morgan fingerprint density at radius 2 is 1.69 bits per heavy atom. The maximum atomic E-state index is 14.6. The number of nitrogens with one attached hydrogen (secondary N) is 3. The van der Waals surface area contributed by atoms with Gasteiger partial charge in [-0.3, -0.25) is 9.59 Å². The van der Waals surface area contributed by atoms with Crippen LogP contribution >= 0.6 is 23.2 Å². The number of carbonyl (C=O) groups excluding carboxylic acids is 2. The summed E-state index contributed by atoms with van der Waals surface area (Å²) >= 11 is 12.8. The molecule has 0 bridgehead atoms. The molecule has 0 saturated carbocycles. The number of halogens is 3. The average molecular weight is 568 g/mol. The van der Waals surface area contributed by atoms with Gasteiger partial charge < -0.3 is 20.7 Å². The molecule has 0 radical (unpaired) electrons. The minimum Gasteiger partial charge on any atom is -0.490 e. The summed E-state index contributed by atoms with van der Waals surface area (Å²) < 4.78 is 21.2. The van der Waals surface area contributed by atoms with Crippen LogP contribution in [0.2, 0.25) is 10.0 Å². The van der Waals surface area contributed by atoms with E-state index in [0.717, 1.165) is 31.5 Å². The SMILES string of the molecule is Cc1ccc(F)cc1[C@@H]1NC(=O)C[C@H](c2cc(Cl)ccc2OC2CCNCC2)C12C(=O)Nc1cc(Cl)ccc12. The Morgan fingerprint density at radius 3 is 2.49 bits per heavy atom. The molecule has 202 valence electrons. The first-order valence-electron chi connectivity index (χ1n) is 13.1. The first-order valence-corrected chi connectivity index (χ1v) is 13.9. The smallest absolute Gasteiger partial charge is 0.238 e. The molecule has 0 aromatic heterocycles. The van der Waals surface area contributed by atoms with Gasteiger partial charge in [0.1, 0.15) is 23.1 Å². The number of benzene rings is 3. The minimum atomic E-state index is -1.32. The largest absolute Gasteiger partial charge is 0.490 e. The summed E-state index contributed by atoms with van der Waals surface area (Å²) in [5.41, 5.74) is 1.90. The van der Waals surface area contributed by atoms with Crippen LogP contribution in [0, 0.1) is 12.7 Å². The van der Waals surface area contributed by atoms with Crippen LogP contribution in [0.1, 0.15) is 53.5 Å². The van der Waals surface area contributed by atoms with Crippen molar-refractivity contribution in [3.8, 4) is 5.75 Å². The van der Waals surface area contributed by atoms with Crippen molar-refractivity contribution >= 4 is 40.7 Å². The van der Waals surface area contributed by atoms with Crippen molar-refractivity contribution in [1.29, 1.82) is 0 Å². The second kappa shape index (κ2) is 10.1. The summed E-state index contributed by atoms with van der Waals surface area (Å²) in [6, 6.07) is 14.2. The molecule has 2 saturated heterocycles. The fourth-order valence-corrected chi connectivity index (χ4v) is 6.79. The standard InChI is InChI=1S/C30H28Cl2FN3O3/c1-16-2-5-19(33)14-21(16)28-30(23-6-3-18(32)13-25(23)35-29(30)38)24(15-27(37)36-28)22-12-17(31)4-7-26(22)39-20-8-10-34-11-9-20/h2-7,12-14,20,24,28,34H,8-11,15H2,1H3,(H,35,38)(H,36,37)/t24-,28+,30?/m1/s1. The fourth-order valence-electron chi connectivity index (χ4n) is 6.43. The van der Waals surface area contributed by atoms with Crippen LogP contribution in [-0.2, 0) is 15.0 Å². The third-order valence-electron chi connectivity index (χ3n) is 8.23. The number of amides is 2. The zero-order chi connectivity index (χ0) is 27.3. The van der Waals surface area contributed by atoms with Crippen molar-refractivity contribution in [2.24, 2.45) is 0 Å². The molecule has 2 amide bonds. The maximum absolute atomic E-state index is 14.6.